The van der Waals surface area contributed by atoms with Gasteiger partial charge in [-0.2, -0.15) is 0 Å². The highest BCUT2D eigenvalue weighted by Crippen LogP contribution is 2.37. The fraction of sp³-hybridized carbons (Fsp3) is 0.111. The minimum atomic E-state index is -1.51. The molecule has 0 heterocycles. The summed E-state index contributed by atoms with van der Waals surface area (Å²) in [6.07, 6.45) is 1.07. The minimum Gasteiger partial charge on any atom is -0.508 e. The predicted molar refractivity (Wildman–Crippen MR) is 89.0 cm³/mol. The summed E-state index contributed by atoms with van der Waals surface area (Å²) in [6.45, 7) is 3.51. The molecule has 0 aliphatic carbocycles. The van der Waals surface area contributed by atoms with Gasteiger partial charge in [0, 0.05) is 11.1 Å². The first kappa shape index (κ1) is 17.9. The number of hydrogen-bond acceptors (Lipinski definition) is 5. The Kier molecular flexibility index (Phi) is 5.28. The highest BCUT2D eigenvalue weighted by molar-refractivity contribution is 5.81. The molecule has 2 aromatic carbocycles. The van der Waals surface area contributed by atoms with Crippen molar-refractivity contribution in [2.24, 2.45) is 0 Å². The fourth-order valence-electron chi connectivity index (χ4n) is 2.64. The van der Waals surface area contributed by atoms with Crippen molar-refractivity contribution in [3.05, 3.63) is 72.4 Å². The third-order valence-electron chi connectivity index (χ3n) is 3.74. The third-order valence-corrected chi connectivity index (χ3v) is 3.74. The number of para-hydroxylation sites is 2. The first-order valence-electron chi connectivity index (χ1n) is 7.29. The number of aliphatic carboxylic acids is 2. The van der Waals surface area contributed by atoms with Crippen molar-refractivity contribution in [2.75, 3.05) is 0 Å². The summed E-state index contributed by atoms with van der Waals surface area (Å²) in [6, 6.07) is 8.46. The first-order chi connectivity index (χ1) is 11.9. The van der Waals surface area contributed by atoms with E-state index in [2.05, 4.69) is 6.58 Å². The molecule has 0 radical (unpaired) electrons. The Morgan fingerprint density at radius 1 is 0.840 bits per heavy atom. The van der Waals surface area contributed by atoms with Crippen LogP contribution >= 0.6 is 0 Å². The van der Waals surface area contributed by atoms with E-state index in [-0.39, 0.29) is 22.6 Å². The van der Waals surface area contributed by atoms with E-state index in [0.717, 1.165) is 11.1 Å². The average molecular weight is 343 g/mol. The second-order valence-electron chi connectivity index (χ2n) is 5.23. The maximum Gasteiger partial charge on any atom is 0.331 e. The van der Waals surface area contributed by atoms with Crippen LogP contribution in [-0.4, -0.2) is 37.3 Å². The van der Waals surface area contributed by atoms with Crippen molar-refractivity contribution >= 4 is 11.9 Å². The lowest BCUT2D eigenvalue weighted by Gasteiger charge is -2.33. The fourth-order valence-corrected chi connectivity index (χ4v) is 2.64. The van der Waals surface area contributed by atoms with Gasteiger partial charge in [-0.25, -0.2) is 9.59 Å². The molecular weight excluding hydrogens is 326 g/mol. The van der Waals surface area contributed by atoms with E-state index in [1.807, 2.05) is 0 Å². The van der Waals surface area contributed by atoms with Crippen molar-refractivity contribution in [2.45, 2.75) is 12.1 Å². The number of aromatic hydroxyl groups is 2. The Labute approximate surface area is 143 Å². The smallest absolute Gasteiger partial charge is 0.331 e. The van der Waals surface area contributed by atoms with Gasteiger partial charge in [0.25, 0.3) is 0 Å². The van der Waals surface area contributed by atoms with Crippen LogP contribution in [0, 0.1) is 0 Å². The zero-order chi connectivity index (χ0) is 18.6. The molecule has 7 heteroatoms. The number of phenolic OH excluding ortho intramolecular Hbond substituents is 2. The predicted octanol–water partition coefficient (Wildman–Crippen LogP) is 2.49. The number of carbonyl (C=O) groups is 2. The van der Waals surface area contributed by atoms with Gasteiger partial charge in [-0.3, -0.25) is 0 Å². The molecule has 25 heavy (non-hydrogen) atoms. The van der Waals surface area contributed by atoms with E-state index in [9.17, 15) is 30.0 Å². The number of phenols is 2. The molecule has 130 valence electrons. The summed E-state index contributed by atoms with van der Waals surface area (Å²) in [5, 5.41) is 39.3. The Balaban J connectivity index is 2.62. The normalized spacial score (nSPS) is 12.8. The zero-order valence-corrected chi connectivity index (χ0v) is 13.1. The minimum absolute atomic E-state index is 0.0107. The van der Waals surface area contributed by atoms with Gasteiger partial charge in [0.2, 0.25) is 0 Å². The first-order valence-corrected chi connectivity index (χ1v) is 7.29. The van der Waals surface area contributed by atoms with Crippen molar-refractivity contribution < 1.29 is 30.0 Å². The van der Waals surface area contributed by atoms with Crippen LogP contribution in [0.2, 0.25) is 0 Å². The number of benzene rings is 2. The number of rotatable bonds is 7. The van der Waals surface area contributed by atoms with E-state index in [1.54, 1.807) is 0 Å². The molecule has 2 aromatic rings. The lowest BCUT2D eigenvalue weighted by Crippen LogP contribution is -2.37. The van der Waals surface area contributed by atoms with Gasteiger partial charge < -0.3 is 25.3 Å². The second-order valence-corrected chi connectivity index (χ2v) is 5.23. The topological polar surface area (TPSA) is 118 Å². The van der Waals surface area contributed by atoms with Crippen molar-refractivity contribution in [3.63, 3.8) is 0 Å². The zero-order valence-electron chi connectivity index (χ0n) is 13.1. The van der Waals surface area contributed by atoms with Crippen molar-refractivity contribution in [1.29, 1.82) is 0 Å². The summed E-state index contributed by atoms with van der Waals surface area (Å²) < 4.78 is 0. The largest absolute Gasteiger partial charge is 0.508 e. The van der Waals surface area contributed by atoms with Gasteiger partial charge in [0.05, 0.1) is 0 Å². The highest BCUT2D eigenvalue weighted by Gasteiger charge is 2.37. The van der Waals surface area contributed by atoms with Crippen LogP contribution in [0.5, 0.6) is 11.5 Å². The molecule has 0 amide bonds. The van der Waals surface area contributed by atoms with Crippen molar-refractivity contribution in [3.8, 4) is 11.5 Å². The van der Waals surface area contributed by atoms with E-state index < -0.39 is 24.0 Å². The van der Waals surface area contributed by atoms with Crippen LogP contribution in [0.25, 0.3) is 0 Å². The molecule has 0 aromatic heterocycles. The molecule has 0 saturated carbocycles. The van der Waals surface area contributed by atoms with Gasteiger partial charge in [0.15, 0.2) is 12.1 Å². The Hall–Kier alpha value is -3.48. The molecule has 2 unspecified atom stereocenters. The van der Waals surface area contributed by atoms with Crippen LogP contribution in [0.4, 0.5) is 0 Å². The molecule has 0 bridgehead atoms. The summed E-state index contributed by atoms with van der Waals surface area (Å²) >= 11 is 0. The Morgan fingerprint density at radius 2 is 1.20 bits per heavy atom. The monoisotopic (exact) mass is 343 g/mol. The summed E-state index contributed by atoms with van der Waals surface area (Å²) in [7, 11) is 0. The van der Waals surface area contributed by atoms with Crippen LogP contribution in [-0.2, 0) is 9.59 Å². The summed E-state index contributed by atoms with van der Waals surface area (Å²) in [4.78, 5) is 24.6. The quantitative estimate of drug-likeness (QED) is 0.610. The molecule has 0 saturated heterocycles. The van der Waals surface area contributed by atoms with Crippen LogP contribution in [0.15, 0.2) is 61.3 Å². The van der Waals surface area contributed by atoms with E-state index >= 15 is 0 Å². The molecule has 7 nitrogen and oxygen atoms in total. The number of hydrogen-bond donors (Lipinski definition) is 4. The van der Waals surface area contributed by atoms with Gasteiger partial charge in [-0.1, -0.05) is 43.0 Å². The lowest BCUT2D eigenvalue weighted by molar-refractivity contribution is -0.149. The molecule has 0 fully saturated rings. The second kappa shape index (κ2) is 7.39. The number of carboxylic acids is 2. The maximum atomic E-state index is 11.8. The molecule has 2 atom stereocenters. The number of nitrogens with zero attached hydrogens (tertiary/aromatic N) is 1. The Morgan fingerprint density at radius 3 is 1.48 bits per heavy atom. The molecule has 2 rings (SSSR count). The summed E-state index contributed by atoms with van der Waals surface area (Å²) in [5.41, 5.74) is 0.0214. The summed E-state index contributed by atoms with van der Waals surface area (Å²) in [5.74, 6) is -3.32. The van der Waals surface area contributed by atoms with E-state index in [0.29, 0.717) is 0 Å². The molecule has 0 spiro atoms. The van der Waals surface area contributed by atoms with E-state index in [1.165, 1.54) is 48.5 Å². The third kappa shape index (κ3) is 3.55. The Bertz CT molecular complexity index is 740. The van der Waals surface area contributed by atoms with Gasteiger partial charge in [0.1, 0.15) is 11.5 Å². The highest BCUT2D eigenvalue weighted by atomic mass is 16.4. The average Bonchev–Trinajstić information content (AvgIpc) is 2.56. The van der Waals surface area contributed by atoms with Crippen LogP contribution in [0.1, 0.15) is 23.2 Å². The SMILES string of the molecule is C=CN(C(C(=O)O)c1ccccc1O)C(C(=O)O)c1ccccc1O. The van der Waals surface area contributed by atoms with Crippen LogP contribution in [0.3, 0.4) is 0 Å². The molecule has 0 aliphatic rings. The van der Waals surface area contributed by atoms with Crippen molar-refractivity contribution in [1.82, 2.24) is 4.90 Å². The van der Waals surface area contributed by atoms with Crippen LogP contribution < -0.4 is 0 Å². The van der Waals surface area contributed by atoms with Gasteiger partial charge >= 0.3 is 11.9 Å². The standard InChI is InChI=1S/C18H17NO6/c1-2-19(15(17(22)23)11-7-3-5-9-13(11)20)16(18(24)25)12-8-4-6-10-14(12)21/h2-10,15-16,20-21H,1H2,(H,22,23)(H,24,25). The number of carboxylic acid groups (broad SMARTS) is 2. The lowest BCUT2D eigenvalue weighted by atomic mass is 9.98. The molecule has 0 aliphatic heterocycles. The van der Waals surface area contributed by atoms with Gasteiger partial charge in [-0.05, 0) is 18.3 Å². The molecular formula is C18H17NO6. The van der Waals surface area contributed by atoms with E-state index in [4.69, 9.17) is 0 Å². The maximum absolute atomic E-state index is 11.8. The van der Waals surface area contributed by atoms with Gasteiger partial charge in [-0.15, -0.1) is 0 Å². The molecule has 4 N–H and O–H groups in total.